The Morgan fingerprint density at radius 2 is 2.00 bits per heavy atom. The number of oxazole rings is 1. The second kappa shape index (κ2) is 6.69. The third kappa shape index (κ3) is 3.92. The molecule has 0 fully saturated rings. The van der Waals surface area contributed by atoms with Gasteiger partial charge in [0.15, 0.2) is 12.1 Å². The topological polar surface area (TPSA) is 83.6 Å². The predicted octanol–water partition coefficient (Wildman–Crippen LogP) is 1.75. The number of rotatable bonds is 6. The summed E-state index contributed by atoms with van der Waals surface area (Å²) in [6.07, 6.45) is 1.76. The number of carboxylic acid groups (broad SMARTS) is 1. The second-order valence-electron chi connectivity index (χ2n) is 4.61. The van der Waals surface area contributed by atoms with Crippen LogP contribution in [0.2, 0.25) is 0 Å². The molecule has 0 saturated heterocycles. The maximum atomic E-state index is 12.3. The van der Waals surface area contributed by atoms with Gasteiger partial charge in [-0.2, -0.15) is 0 Å². The fraction of sp³-hybridized carbons (Fsp3) is 0.267. The van der Waals surface area contributed by atoms with Crippen LogP contribution in [0.4, 0.5) is 0 Å². The van der Waals surface area contributed by atoms with Crippen LogP contribution in [-0.4, -0.2) is 40.0 Å². The molecule has 2 rings (SSSR count). The van der Waals surface area contributed by atoms with Crippen LogP contribution in [0.15, 0.2) is 41.1 Å². The van der Waals surface area contributed by atoms with Crippen molar-refractivity contribution >= 4 is 11.9 Å². The molecular formula is C15H16N2O4. The number of benzene rings is 1. The van der Waals surface area contributed by atoms with Crippen molar-refractivity contribution in [2.24, 2.45) is 0 Å². The molecule has 0 aliphatic carbocycles. The van der Waals surface area contributed by atoms with Gasteiger partial charge in [-0.1, -0.05) is 30.3 Å². The molecule has 0 bridgehead atoms. The van der Waals surface area contributed by atoms with Gasteiger partial charge in [-0.3, -0.25) is 9.59 Å². The number of aliphatic carboxylic acids is 1. The van der Waals surface area contributed by atoms with Crippen molar-refractivity contribution in [2.75, 3.05) is 13.1 Å². The first-order chi connectivity index (χ1) is 10.1. The van der Waals surface area contributed by atoms with Gasteiger partial charge in [-0.25, -0.2) is 4.98 Å². The lowest BCUT2D eigenvalue weighted by Gasteiger charge is -2.19. The van der Waals surface area contributed by atoms with Gasteiger partial charge < -0.3 is 14.4 Å². The molecule has 0 aliphatic rings. The predicted molar refractivity (Wildman–Crippen MR) is 74.9 cm³/mol. The lowest BCUT2D eigenvalue weighted by Crippen LogP contribution is -2.37. The Labute approximate surface area is 122 Å². The number of hydrogen-bond donors (Lipinski definition) is 1. The SMILES string of the molecule is Cc1ocnc1C(=O)N(CCc1ccccc1)CC(=O)O. The maximum Gasteiger partial charge on any atom is 0.323 e. The second-order valence-corrected chi connectivity index (χ2v) is 4.61. The van der Waals surface area contributed by atoms with Gasteiger partial charge in [0.05, 0.1) is 0 Å². The van der Waals surface area contributed by atoms with Crippen molar-refractivity contribution < 1.29 is 19.1 Å². The van der Waals surface area contributed by atoms with Gasteiger partial charge >= 0.3 is 5.97 Å². The number of carbonyl (C=O) groups is 2. The first kappa shape index (κ1) is 14.8. The highest BCUT2D eigenvalue weighted by molar-refractivity contribution is 5.94. The summed E-state index contributed by atoms with van der Waals surface area (Å²) in [5.74, 6) is -1.10. The van der Waals surface area contributed by atoms with Crippen molar-refractivity contribution in [1.82, 2.24) is 9.88 Å². The molecular weight excluding hydrogens is 272 g/mol. The van der Waals surface area contributed by atoms with Crippen LogP contribution >= 0.6 is 0 Å². The molecule has 110 valence electrons. The Morgan fingerprint density at radius 3 is 2.57 bits per heavy atom. The summed E-state index contributed by atoms with van der Waals surface area (Å²) in [5, 5.41) is 8.96. The third-order valence-electron chi connectivity index (χ3n) is 3.07. The van der Waals surface area contributed by atoms with E-state index in [0.717, 1.165) is 5.56 Å². The van der Waals surface area contributed by atoms with Gasteiger partial charge in [-0.15, -0.1) is 0 Å². The number of aryl methyl sites for hydroxylation is 1. The Kier molecular flexibility index (Phi) is 4.71. The van der Waals surface area contributed by atoms with E-state index in [2.05, 4.69) is 4.98 Å². The molecule has 2 aromatic rings. The molecule has 6 heteroatoms. The summed E-state index contributed by atoms with van der Waals surface area (Å²) in [6.45, 7) is 1.57. The van der Waals surface area contributed by atoms with Crippen LogP contribution in [0.1, 0.15) is 21.8 Å². The van der Waals surface area contributed by atoms with E-state index in [1.165, 1.54) is 11.3 Å². The van der Waals surface area contributed by atoms with Crippen LogP contribution in [0.3, 0.4) is 0 Å². The summed E-state index contributed by atoms with van der Waals surface area (Å²) >= 11 is 0. The molecule has 1 N–H and O–H groups in total. The number of carboxylic acids is 1. The minimum absolute atomic E-state index is 0.157. The van der Waals surface area contributed by atoms with E-state index in [9.17, 15) is 9.59 Å². The minimum Gasteiger partial charge on any atom is -0.480 e. The average molecular weight is 288 g/mol. The lowest BCUT2D eigenvalue weighted by atomic mass is 10.1. The zero-order valence-electron chi connectivity index (χ0n) is 11.7. The number of hydrogen-bond acceptors (Lipinski definition) is 4. The Balaban J connectivity index is 2.09. The molecule has 0 saturated carbocycles. The number of carbonyl (C=O) groups excluding carboxylic acids is 1. The first-order valence-electron chi connectivity index (χ1n) is 6.53. The average Bonchev–Trinajstić information content (AvgIpc) is 2.89. The first-order valence-corrected chi connectivity index (χ1v) is 6.53. The number of nitrogens with zero attached hydrogens (tertiary/aromatic N) is 2. The molecule has 1 heterocycles. The van der Waals surface area contributed by atoms with Crippen LogP contribution in [0.25, 0.3) is 0 Å². The van der Waals surface area contributed by atoms with Crippen molar-refractivity contribution in [3.8, 4) is 0 Å². The number of amides is 1. The summed E-state index contributed by atoms with van der Waals surface area (Å²) in [7, 11) is 0. The van der Waals surface area contributed by atoms with Gasteiger partial charge in [0.25, 0.3) is 5.91 Å². The van der Waals surface area contributed by atoms with E-state index in [-0.39, 0.29) is 12.2 Å². The molecule has 0 unspecified atom stereocenters. The minimum atomic E-state index is -1.06. The quantitative estimate of drug-likeness (QED) is 0.875. The summed E-state index contributed by atoms with van der Waals surface area (Å²) in [4.78, 5) is 28.4. The highest BCUT2D eigenvalue weighted by atomic mass is 16.4. The van der Waals surface area contributed by atoms with Gasteiger partial charge in [0.2, 0.25) is 0 Å². The van der Waals surface area contributed by atoms with E-state index < -0.39 is 11.9 Å². The molecule has 0 radical (unpaired) electrons. The molecule has 6 nitrogen and oxygen atoms in total. The summed E-state index contributed by atoms with van der Waals surface area (Å²) in [6, 6.07) is 9.58. The van der Waals surface area contributed by atoms with E-state index in [0.29, 0.717) is 18.7 Å². The van der Waals surface area contributed by atoms with Crippen LogP contribution < -0.4 is 0 Å². The third-order valence-corrected chi connectivity index (χ3v) is 3.07. The van der Waals surface area contributed by atoms with E-state index in [4.69, 9.17) is 9.52 Å². The molecule has 1 aromatic heterocycles. The maximum absolute atomic E-state index is 12.3. The molecule has 0 atom stereocenters. The monoisotopic (exact) mass is 288 g/mol. The van der Waals surface area contributed by atoms with Crippen molar-refractivity contribution in [3.63, 3.8) is 0 Å². The zero-order valence-corrected chi connectivity index (χ0v) is 11.7. The standard InChI is InChI=1S/C15H16N2O4/c1-11-14(16-10-21-11)15(20)17(9-13(18)19)8-7-12-5-3-2-4-6-12/h2-6,10H,7-9H2,1H3,(H,18,19). The van der Waals surface area contributed by atoms with E-state index in [1.54, 1.807) is 6.92 Å². The fourth-order valence-electron chi connectivity index (χ4n) is 1.98. The van der Waals surface area contributed by atoms with Gasteiger partial charge in [0.1, 0.15) is 12.3 Å². The van der Waals surface area contributed by atoms with Crippen molar-refractivity contribution in [3.05, 3.63) is 53.7 Å². The van der Waals surface area contributed by atoms with E-state index >= 15 is 0 Å². The van der Waals surface area contributed by atoms with Crippen LogP contribution in [-0.2, 0) is 11.2 Å². The Hall–Kier alpha value is -2.63. The smallest absolute Gasteiger partial charge is 0.323 e. The molecule has 1 aromatic carbocycles. The molecule has 1 amide bonds. The fourth-order valence-corrected chi connectivity index (χ4v) is 1.98. The molecule has 21 heavy (non-hydrogen) atoms. The highest BCUT2D eigenvalue weighted by Gasteiger charge is 2.22. The van der Waals surface area contributed by atoms with E-state index in [1.807, 2.05) is 30.3 Å². The Bertz CT molecular complexity index is 622. The molecule has 0 aliphatic heterocycles. The van der Waals surface area contributed by atoms with Gasteiger partial charge in [-0.05, 0) is 18.9 Å². The van der Waals surface area contributed by atoms with Crippen LogP contribution in [0, 0.1) is 6.92 Å². The van der Waals surface area contributed by atoms with Crippen molar-refractivity contribution in [1.29, 1.82) is 0 Å². The molecule has 0 spiro atoms. The Morgan fingerprint density at radius 1 is 1.29 bits per heavy atom. The summed E-state index contributed by atoms with van der Waals surface area (Å²) < 4.78 is 5.00. The largest absolute Gasteiger partial charge is 0.480 e. The number of aromatic nitrogens is 1. The summed E-state index contributed by atoms with van der Waals surface area (Å²) in [5.41, 5.74) is 1.20. The van der Waals surface area contributed by atoms with Gasteiger partial charge in [0, 0.05) is 6.54 Å². The normalized spacial score (nSPS) is 10.3. The highest BCUT2D eigenvalue weighted by Crippen LogP contribution is 2.10. The van der Waals surface area contributed by atoms with Crippen LogP contribution in [0.5, 0.6) is 0 Å². The van der Waals surface area contributed by atoms with Crippen molar-refractivity contribution in [2.45, 2.75) is 13.3 Å². The lowest BCUT2D eigenvalue weighted by molar-refractivity contribution is -0.137. The zero-order chi connectivity index (χ0) is 15.2.